The number of ether oxygens (including phenoxy) is 1. The van der Waals surface area contributed by atoms with E-state index in [4.69, 9.17) is 22.1 Å². The van der Waals surface area contributed by atoms with Crippen LogP contribution in [0.2, 0.25) is 5.02 Å². The van der Waals surface area contributed by atoms with E-state index in [0.29, 0.717) is 11.3 Å². The minimum atomic E-state index is -4.86. The van der Waals surface area contributed by atoms with Gasteiger partial charge in [0.05, 0.1) is 28.7 Å². The minimum absolute atomic E-state index is 0.00583. The van der Waals surface area contributed by atoms with Crippen LogP contribution in [0.25, 0.3) is 22.6 Å². The van der Waals surface area contributed by atoms with Gasteiger partial charge in [0.15, 0.2) is 17.3 Å². The zero-order valence-electron chi connectivity index (χ0n) is 30.0. The van der Waals surface area contributed by atoms with Crippen molar-refractivity contribution >= 4 is 29.6 Å². The quantitative estimate of drug-likeness (QED) is 0.139. The molecule has 3 heterocycles. The van der Waals surface area contributed by atoms with E-state index in [1.54, 1.807) is 10.1 Å². The average Bonchev–Trinajstić information content (AvgIpc) is 4.00. The van der Waals surface area contributed by atoms with Crippen LogP contribution in [0.1, 0.15) is 75.7 Å². The van der Waals surface area contributed by atoms with Gasteiger partial charge in [-0.2, -0.15) is 59.9 Å². The molecule has 0 unspecified atom stereocenters. The van der Waals surface area contributed by atoms with E-state index in [-0.39, 0.29) is 32.4 Å². The van der Waals surface area contributed by atoms with E-state index in [1.807, 2.05) is 0 Å². The van der Waals surface area contributed by atoms with Gasteiger partial charge in [-0.15, -0.1) is 0 Å². The Morgan fingerprint density at radius 1 is 1.05 bits per heavy atom. The lowest BCUT2D eigenvalue weighted by molar-refractivity contribution is -0.218. The van der Waals surface area contributed by atoms with Crippen molar-refractivity contribution in [2.45, 2.75) is 88.0 Å². The molecule has 0 saturated heterocycles. The lowest BCUT2D eigenvalue weighted by atomic mass is 9.74. The molecule has 2 saturated carbocycles. The third kappa shape index (κ3) is 7.36. The second kappa shape index (κ2) is 13.9. The van der Waals surface area contributed by atoms with Crippen molar-refractivity contribution < 1.29 is 49.4 Å². The van der Waals surface area contributed by atoms with Crippen LogP contribution in [-0.4, -0.2) is 77.1 Å². The summed E-state index contributed by atoms with van der Waals surface area (Å²) in [5.74, 6) is -2.17. The van der Waals surface area contributed by atoms with Crippen molar-refractivity contribution in [2.75, 3.05) is 6.61 Å². The maximum Gasteiger partial charge on any atom is 0.411 e. The number of benzene rings is 2. The molecule has 3 aliphatic rings. The molecule has 2 aromatic heterocycles. The molecular weight excluding hydrogens is 796 g/mol. The van der Waals surface area contributed by atoms with Gasteiger partial charge in [-0.25, -0.2) is 14.8 Å². The molecule has 0 spiro atoms. The zero-order valence-corrected chi connectivity index (χ0v) is 30.7. The SMILES string of the molecule is CC(C)(C[C@]1(c2ccc(-c3cnn(C4CC4)n3)cc2)N=C(N)N([C@H](COC(=O)NC2(C(F)(F)F)CC2)c2ccc(Cl)c(-c3ncnn3C(F)F)c2)C1=O)C(F)(F)F. The number of nitrogens with zero attached hydrogens (tertiary/aromatic N) is 8. The summed E-state index contributed by atoms with van der Waals surface area (Å²) < 4.78 is 118. The number of hydrogen-bond donors (Lipinski definition) is 2. The summed E-state index contributed by atoms with van der Waals surface area (Å²) >= 11 is 6.38. The summed E-state index contributed by atoms with van der Waals surface area (Å²) in [7, 11) is 0. The van der Waals surface area contributed by atoms with Crippen LogP contribution < -0.4 is 11.1 Å². The predicted molar refractivity (Wildman–Crippen MR) is 185 cm³/mol. The maximum absolute atomic E-state index is 14.9. The van der Waals surface area contributed by atoms with E-state index >= 15 is 0 Å². The highest BCUT2D eigenvalue weighted by Gasteiger charge is 2.65. The Kier molecular flexibility index (Phi) is 9.75. The van der Waals surface area contributed by atoms with Crippen molar-refractivity contribution in [1.82, 2.24) is 40.0 Å². The van der Waals surface area contributed by atoms with Gasteiger partial charge >= 0.3 is 25.0 Å². The molecule has 2 aromatic carbocycles. The van der Waals surface area contributed by atoms with Crippen molar-refractivity contribution in [3.8, 4) is 22.6 Å². The van der Waals surface area contributed by atoms with Crippen molar-refractivity contribution in [1.29, 1.82) is 0 Å². The monoisotopic (exact) mass is 828 g/mol. The Morgan fingerprint density at radius 2 is 1.74 bits per heavy atom. The number of rotatable bonds is 12. The van der Waals surface area contributed by atoms with Gasteiger partial charge in [0.25, 0.3) is 5.91 Å². The molecule has 2 fully saturated rings. The number of carbonyl (C=O) groups is 2. The van der Waals surface area contributed by atoms with Gasteiger partial charge in [0.2, 0.25) is 0 Å². The van der Waals surface area contributed by atoms with Gasteiger partial charge in [0, 0.05) is 11.1 Å². The molecule has 2 amide bonds. The number of nitrogens with two attached hydrogens (primary N) is 1. The molecule has 0 bridgehead atoms. The van der Waals surface area contributed by atoms with E-state index in [2.05, 4.69) is 25.3 Å². The Labute approximate surface area is 323 Å². The summed E-state index contributed by atoms with van der Waals surface area (Å²) in [6, 6.07) is 8.11. The van der Waals surface area contributed by atoms with Gasteiger partial charge in [-0.3, -0.25) is 9.69 Å². The summed E-state index contributed by atoms with van der Waals surface area (Å²) in [5, 5.41) is 13.9. The zero-order chi connectivity index (χ0) is 41.3. The first-order valence-electron chi connectivity index (χ1n) is 17.4. The number of halogens is 9. The number of amides is 2. The van der Waals surface area contributed by atoms with Crippen molar-refractivity contribution in [3.63, 3.8) is 0 Å². The number of aliphatic imine (C=N–C) groups is 1. The fourth-order valence-electron chi connectivity index (χ4n) is 6.67. The van der Waals surface area contributed by atoms with Crippen molar-refractivity contribution in [3.05, 3.63) is 71.1 Å². The van der Waals surface area contributed by atoms with Crippen LogP contribution in [0.3, 0.4) is 0 Å². The summed E-state index contributed by atoms with van der Waals surface area (Å²) in [4.78, 5) is 38.3. The first-order chi connectivity index (χ1) is 26.7. The molecule has 7 rings (SSSR count). The van der Waals surface area contributed by atoms with E-state index < -0.39 is 91.1 Å². The first kappa shape index (κ1) is 39.9. The van der Waals surface area contributed by atoms with Crippen LogP contribution in [-0.2, 0) is 15.1 Å². The summed E-state index contributed by atoms with van der Waals surface area (Å²) in [6.07, 6.45) is -8.81. The van der Waals surface area contributed by atoms with Gasteiger partial charge < -0.3 is 15.8 Å². The normalized spacial score (nSPS) is 20.2. The maximum atomic E-state index is 14.9. The smallest absolute Gasteiger partial charge is 0.411 e. The molecule has 2 aliphatic carbocycles. The summed E-state index contributed by atoms with van der Waals surface area (Å²) in [6.45, 7) is -2.35. The van der Waals surface area contributed by atoms with Crippen LogP contribution in [0.5, 0.6) is 0 Å². The molecule has 1 aliphatic heterocycles. The van der Waals surface area contributed by atoms with Crippen LogP contribution >= 0.6 is 11.6 Å². The second-order valence-electron chi connectivity index (χ2n) is 14.8. The molecule has 0 radical (unpaired) electrons. The second-order valence-corrected chi connectivity index (χ2v) is 15.2. The number of guanidine groups is 1. The standard InChI is InChI=1S/C35H33ClF8N10O3/c1-31(2,34(39,40)41)16-33(20-6-3-18(4-7-20)24-14-47-54(51-24)21-8-9-21)27(55)52(29(45)49-33)25(15-57-30(56)50-32(11-12-32)35(42,43)44)19-5-10-23(36)22(13-19)26-46-17-48-53(26)28(37)38/h3-7,10,13-14,17,21,25,28H,8-9,11-12,15-16H2,1-2H3,(H2,45,49)(H,50,56)/t25-,33-/m1/s1. The largest absolute Gasteiger partial charge is 0.447 e. The molecule has 2 atom stereocenters. The molecule has 304 valence electrons. The molecule has 3 N–H and O–H groups in total. The number of alkyl carbamates (subject to hydrolysis) is 1. The highest BCUT2D eigenvalue weighted by atomic mass is 35.5. The predicted octanol–water partition coefficient (Wildman–Crippen LogP) is 7.48. The number of hydrogen-bond acceptors (Lipinski definition) is 9. The lowest BCUT2D eigenvalue weighted by Gasteiger charge is -2.37. The molecule has 4 aromatic rings. The third-order valence-electron chi connectivity index (χ3n) is 10.3. The van der Waals surface area contributed by atoms with E-state index in [9.17, 15) is 44.7 Å². The Balaban J connectivity index is 1.29. The van der Waals surface area contributed by atoms with Crippen LogP contribution in [0, 0.1) is 5.41 Å². The number of carbonyl (C=O) groups excluding carboxylic acids is 2. The molecular formula is C35H33ClF8N10O3. The van der Waals surface area contributed by atoms with Crippen molar-refractivity contribution in [2.24, 2.45) is 16.1 Å². The Morgan fingerprint density at radius 3 is 2.33 bits per heavy atom. The highest BCUT2D eigenvalue weighted by Crippen LogP contribution is 2.52. The van der Waals surface area contributed by atoms with Crippen LogP contribution in [0.15, 0.2) is 60.0 Å². The Bertz CT molecular complexity index is 2210. The fourth-order valence-corrected chi connectivity index (χ4v) is 6.87. The van der Waals surface area contributed by atoms with Gasteiger partial charge in [-0.1, -0.05) is 55.8 Å². The van der Waals surface area contributed by atoms with E-state index in [0.717, 1.165) is 37.9 Å². The topological polar surface area (TPSA) is 158 Å². The van der Waals surface area contributed by atoms with Gasteiger partial charge in [0.1, 0.15) is 24.2 Å². The fraction of sp³-hybridized carbons (Fsp3) is 0.457. The summed E-state index contributed by atoms with van der Waals surface area (Å²) in [5.41, 5.74) is -0.259. The number of nitrogens with one attached hydrogen (secondary N) is 1. The molecule has 13 nitrogen and oxygen atoms in total. The molecule has 22 heteroatoms. The van der Waals surface area contributed by atoms with Crippen LogP contribution in [0.4, 0.5) is 39.9 Å². The van der Waals surface area contributed by atoms with Gasteiger partial charge in [-0.05, 0) is 55.4 Å². The first-order valence-corrected chi connectivity index (χ1v) is 17.8. The molecule has 57 heavy (non-hydrogen) atoms. The average molecular weight is 829 g/mol. The van der Waals surface area contributed by atoms with E-state index in [1.165, 1.54) is 48.7 Å². The lowest BCUT2D eigenvalue weighted by Crippen LogP contribution is -2.50. The number of aromatic nitrogens is 6. The third-order valence-corrected chi connectivity index (χ3v) is 10.7. The Hall–Kier alpha value is -5.34. The highest BCUT2D eigenvalue weighted by molar-refractivity contribution is 6.33. The number of alkyl halides is 8. The minimum Gasteiger partial charge on any atom is -0.447 e.